The molecule has 2 N–H and O–H groups in total. The Bertz CT molecular complexity index is 1160. The third-order valence-corrected chi connectivity index (χ3v) is 6.48. The van der Waals surface area contributed by atoms with Crippen molar-refractivity contribution in [1.29, 1.82) is 0 Å². The van der Waals surface area contributed by atoms with Crippen LogP contribution >= 0.6 is 11.8 Å². The van der Waals surface area contributed by atoms with E-state index in [9.17, 15) is 9.18 Å². The lowest BCUT2D eigenvalue weighted by Crippen LogP contribution is -2.29. The molecule has 1 atom stereocenters. The number of rotatable bonds is 1. The Labute approximate surface area is 166 Å². The van der Waals surface area contributed by atoms with Gasteiger partial charge in [0.2, 0.25) is 5.91 Å². The quantitative estimate of drug-likeness (QED) is 0.575. The van der Waals surface area contributed by atoms with Gasteiger partial charge in [0.25, 0.3) is 0 Å². The molecule has 0 aliphatic carbocycles. The summed E-state index contributed by atoms with van der Waals surface area (Å²) in [6, 6.07) is 20.4. The summed E-state index contributed by atoms with van der Waals surface area (Å²) in [5.74, 6) is -0.448. The maximum Gasteiger partial charge on any atom is 0.249 e. The number of benzene rings is 3. The van der Waals surface area contributed by atoms with Crippen LogP contribution in [0.15, 0.2) is 77.7 Å². The molecule has 0 saturated carbocycles. The van der Waals surface area contributed by atoms with Gasteiger partial charge in [-0.2, -0.15) is 0 Å². The largest absolute Gasteiger partial charge is 0.354 e. The molecule has 0 aromatic heterocycles. The first-order valence-corrected chi connectivity index (χ1v) is 9.83. The summed E-state index contributed by atoms with van der Waals surface area (Å²) in [6.45, 7) is 2.03. The molecule has 0 saturated heterocycles. The molecule has 1 amide bonds. The van der Waals surface area contributed by atoms with Crippen LogP contribution in [0.1, 0.15) is 16.7 Å². The van der Waals surface area contributed by atoms with Crippen LogP contribution in [0.4, 0.5) is 15.8 Å². The Hall–Kier alpha value is -3.05. The second-order valence-electron chi connectivity index (χ2n) is 7.03. The number of fused-ring (bicyclic) bond motifs is 3. The van der Waals surface area contributed by atoms with Crippen molar-refractivity contribution in [3.05, 3.63) is 95.3 Å². The summed E-state index contributed by atoms with van der Waals surface area (Å²) in [5.41, 5.74) is 5.39. The molecule has 28 heavy (non-hydrogen) atoms. The van der Waals surface area contributed by atoms with E-state index in [0.717, 1.165) is 33.8 Å². The first-order valence-electron chi connectivity index (χ1n) is 9.02. The van der Waals surface area contributed by atoms with E-state index in [1.54, 1.807) is 6.07 Å². The lowest BCUT2D eigenvalue weighted by molar-refractivity contribution is -0.116. The van der Waals surface area contributed by atoms with E-state index < -0.39 is 4.75 Å². The van der Waals surface area contributed by atoms with Crippen LogP contribution in [0.3, 0.4) is 0 Å². The van der Waals surface area contributed by atoms with E-state index in [1.807, 2.05) is 55.5 Å². The summed E-state index contributed by atoms with van der Waals surface area (Å²) >= 11 is 1.36. The highest BCUT2D eigenvalue weighted by atomic mass is 32.2. The van der Waals surface area contributed by atoms with Crippen molar-refractivity contribution >= 4 is 34.7 Å². The first-order chi connectivity index (χ1) is 13.5. The normalized spacial score (nSPS) is 19.9. The Morgan fingerprint density at radius 3 is 2.64 bits per heavy atom. The molecule has 138 valence electrons. The smallest absolute Gasteiger partial charge is 0.249 e. The van der Waals surface area contributed by atoms with E-state index in [4.69, 9.17) is 0 Å². The van der Waals surface area contributed by atoms with Gasteiger partial charge in [-0.25, -0.2) is 4.39 Å². The molecule has 1 unspecified atom stereocenters. The molecule has 3 aromatic rings. The number of hydrogen-bond acceptors (Lipinski definition) is 3. The number of hydrogen-bond donors (Lipinski definition) is 2. The van der Waals surface area contributed by atoms with Gasteiger partial charge in [0.15, 0.2) is 0 Å². The molecule has 1 spiro atoms. The number of anilines is 2. The molecular formula is C23H17FN2OS. The van der Waals surface area contributed by atoms with E-state index in [0.29, 0.717) is 4.90 Å². The number of halogens is 1. The van der Waals surface area contributed by atoms with Crippen molar-refractivity contribution in [3.8, 4) is 0 Å². The monoisotopic (exact) mass is 388 g/mol. The number of para-hydroxylation sites is 1. The molecular weight excluding hydrogens is 371 g/mol. The van der Waals surface area contributed by atoms with Gasteiger partial charge in [0.1, 0.15) is 10.6 Å². The standard InChI is InChI=1S/C23H17FN2OS/c1-14-5-4-6-15(11-14)20-13-23(17-7-2-3-8-18(17)26-22(23)27)28-21-12-16(24)9-10-19(21)25-20/h2-13,25H,1H3,(H,26,27). The lowest BCUT2D eigenvalue weighted by atomic mass is 9.96. The number of nitrogens with one attached hydrogen (secondary N) is 2. The lowest BCUT2D eigenvalue weighted by Gasteiger charge is -2.22. The van der Waals surface area contributed by atoms with Crippen LogP contribution in [0.25, 0.3) is 5.70 Å². The van der Waals surface area contributed by atoms with Crippen molar-refractivity contribution < 1.29 is 9.18 Å². The average molecular weight is 388 g/mol. The van der Waals surface area contributed by atoms with Crippen LogP contribution in [-0.4, -0.2) is 5.91 Å². The van der Waals surface area contributed by atoms with E-state index in [2.05, 4.69) is 16.7 Å². The molecule has 0 radical (unpaired) electrons. The molecule has 3 nitrogen and oxygen atoms in total. The van der Waals surface area contributed by atoms with Crippen molar-refractivity contribution in [1.82, 2.24) is 0 Å². The van der Waals surface area contributed by atoms with Crippen LogP contribution < -0.4 is 10.6 Å². The third-order valence-electron chi connectivity index (χ3n) is 5.07. The van der Waals surface area contributed by atoms with Crippen molar-refractivity contribution in [2.24, 2.45) is 0 Å². The second kappa shape index (κ2) is 6.24. The van der Waals surface area contributed by atoms with Gasteiger partial charge in [-0.3, -0.25) is 4.79 Å². The molecule has 2 aliphatic heterocycles. The zero-order valence-corrected chi connectivity index (χ0v) is 15.9. The zero-order chi connectivity index (χ0) is 19.3. The predicted octanol–water partition coefficient (Wildman–Crippen LogP) is 5.54. The zero-order valence-electron chi connectivity index (χ0n) is 15.1. The van der Waals surface area contributed by atoms with Crippen LogP contribution in [-0.2, 0) is 9.54 Å². The summed E-state index contributed by atoms with van der Waals surface area (Å²) in [6.07, 6.45) is 1.96. The van der Waals surface area contributed by atoms with E-state index in [-0.39, 0.29) is 11.7 Å². The summed E-state index contributed by atoms with van der Waals surface area (Å²) < 4.78 is 13.0. The maximum absolute atomic E-state index is 14.0. The van der Waals surface area contributed by atoms with Crippen molar-refractivity contribution in [2.75, 3.05) is 10.6 Å². The molecule has 0 bridgehead atoms. The minimum Gasteiger partial charge on any atom is -0.354 e. The topological polar surface area (TPSA) is 41.1 Å². The fraction of sp³-hybridized carbons (Fsp3) is 0.0870. The molecule has 3 aromatic carbocycles. The average Bonchev–Trinajstić information content (AvgIpc) is 2.84. The number of amides is 1. The highest BCUT2D eigenvalue weighted by Gasteiger charge is 2.48. The Balaban J connectivity index is 1.78. The minimum atomic E-state index is -0.971. The van der Waals surface area contributed by atoms with Crippen LogP contribution in [0.5, 0.6) is 0 Å². The van der Waals surface area contributed by atoms with E-state index in [1.165, 1.54) is 23.9 Å². The van der Waals surface area contributed by atoms with Gasteiger partial charge in [-0.15, -0.1) is 0 Å². The molecule has 0 fully saturated rings. The van der Waals surface area contributed by atoms with Gasteiger partial charge in [0.05, 0.1) is 5.69 Å². The molecule has 5 heteroatoms. The molecule has 2 aliphatic rings. The van der Waals surface area contributed by atoms with Gasteiger partial charge in [0, 0.05) is 21.8 Å². The van der Waals surface area contributed by atoms with Gasteiger partial charge < -0.3 is 10.6 Å². The number of thioether (sulfide) groups is 1. The molecule has 5 rings (SSSR count). The van der Waals surface area contributed by atoms with Gasteiger partial charge in [-0.05, 0) is 48.9 Å². The Morgan fingerprint density at radius 1 is 0.929 bits per heavy atom. The fourth-order valence-corrected chi connectivity index (χ4v) is 5.09. The number of carbonyl (C=O) groups is 1. The Kier molecular flexibility index (Phi) is 3.81. The molecule has 2 heterocycles. The maximum atomic E-state index is 14.0. The highest BCUT2D eigenvalue weighted by molar-refractivity contribution is 8.01. The van der Waals surface area contributed by atoms with E-state index >= 15 is 0 Å². The first kappa shape index (κ1) is 17.1. The Morgan fingerprint density at radius 2 is 1.79 bits per heavy atom. The van der Waals surface area contributed by atoms with Crippen molar-refractivity contribution in [2.45, 2.75) is 16.6 Å². The SMILES string of the molecule is Cc1cccc(C2=CC3(Sc4cc(F)ccc4N2)C(=O)Nc2ccccc23)c1. The van der Waals surface area contributed by atoms with Crippen LogP contribution in [0.2, 0.25) is 0 Å². The second-order valence-corrected chi connectivity index (χ2v) is 8.32. The van der Waals surface area contributed by atoms with Gasteiger partial charge >= 0.3 is 0 Å². The van der Waals surface area contributed by atoms with Gasteiger partial charge in [-0.1, -0.05) is 53.7 Å². The highest BCUT2D eigenvalue weighted by Crippen LogP contribution is 2.54. The number of aryl methyl sites for hydroxylation is 1. The summed E-state index contributed by atoms with van der Waals surface area (Å²) in [7, 11) is 0. The minimum absolute atomic E-state index is 0.122. The van der Waals surface area contributed by atoms with Crippen molar-refractivity contribution in [3.63, 3.8) is 0 Å². The summed E-state index contributed by atoms with van der Waals surface area (Å²) in [5, 5.41) is 6.41. The number of carbonyl (C=O) groups excluding carboxylic acids is 1. The third kappa shape index (κ3) is 2.62. The van der Waals surface area contributed by atoms with Crippen LogP contribution in [0, 0.1) is 12.7 Å². The predicted molar refractivity (Wildman–Crippen MR) is 112 cm³/mol. The fourth-order valence-electron chi connectivity index (χ4n) is 3.74. The summed E-state index contributed by atoms with van der Waals surface area (Å²) in [4.78, 5) is 13.9.